The van der Waals surface area contributed by atoms with Crippen molar-refractivity contribution in [3.8, 4) is 0 Å². The van der Waals surface area contributed by atoms with Crippen LogP contribution < -0.4 is 10.6 Å². The van der Waals surface area contributed by atoms with Gasteiger partial charge in [0.15, 0.2) is 0 Å². The van der Waals surface area contributed by atoms with Gasteiger partial charge in [-0.25, -0.2) is 0 Å². The molecular formula is C20H22F3N3O. The Bertz CT molecular complexity index is 953. The van der Waals surface area contributed by atoms with Gasteiger partial charge >= 0.3 is 6.18 Å². The monoisotopic (exact) mass is 377 g/mol. The van der Waals surface area contributed by atoms with Crippen LogP contribution in [0.25, 0.3) is 10.9 Å². The smallest absolute Gasteiger partial charge is 0.370 e. The topological polar surface area (TPSA) is 59.2 Å². The summed E-state index contributed by atoms with van der Waals surface area (Å²) in [5.41, 5.74) is 6.26. The third kappa shape index (κ3) is 2.58. The maximum atomic E-state index is 13.1. The molecule has 1 aromatic heterocycles. The van der Waals surface area contributed by atoms with E-state index in [1.54, 1.807) is 6.92 Å². The molecule has 7 heteroatoms. The van der Waals surface area contributed by atoms with E-state index in [2.05, 4.69) is 23.7 Å². The number of hydrogen-bond donors (Lipinski definition) is 1. The van der Waals surface area contributed by atoms with Crippen LogP contribution in [0.4, 0.5) is 18.9 Å². The lowest BCUT2D eigenvalue weighted by atomic mass is 9.48. The van der Waals surface area contributed by atoms with Crippen molar-refractivity contribution in [2.24, 2.45) is 22.5 Å². The zero-order chi connectivity index (χ0) is 19.8. The molecule has 1 saturated carbocycles. The number of fused-ring (bicyclic) bond motifs is 2. The summed E-state index contributed by atoms with van der Waals surface area (Å²) in [6.45, 7) is 7.19. The average Bonchev–Trinajstić information content (AvgIpc) is 2.88. The summed E-state index contributed by atoms with van der Waals surface area (Å²) in [6.07, 6.45) is -3.68. The molecule has 2 heterocycles. The Kier molecular flexibility index (Phi) is 3.59. The zero-order valence-corrected chi connectivity index (χ0v) is 15.5. The molecule has 1 aliphatic carbocycles. The first-order valence-electron chi connectivity index (χ1n) is 8.97. The van der Waals surface area contributed by atoms with Gasteiger partial charge in [0.25, 0.3) is 0 Å². The van der Waals surface area contributed by atoms with Gasteiger partial charge in [0.05, 0.1) is 16.5 Å². The van der Waals surface area contributed by atoms with Gasteiger partial charge in [-0.2, -0.15) is 13.2 Å². The molecule has 4 nitrogen and oxygen atoms in total. The van der Waals surface area contributed by atoms with Crippen molar-refractivity contribution < 1.29 is 18.0 Å². The summed E-state index contributed by atoms with van der Waals surface area (Å²) < 4.78 is 39.2. The minimum Gasteiger partial charge on any atom is -0.370 e. The quantitative estimate of drug-likeness (QED) is 0.864. The Morgan fingerprint density at radius 3 is 2.56 bits per heavy atom. The van der Waals surface area contributed by atoms with E-state index < -0.39 is 17.2 Å². The highest BCUT2D eigenvalue weighted by molar-refractivity contribution is 5.94. The fraction of sp³-hybridized carbons (Fsp3) is 0.500. The second-order valence-corrected chi connectivity index (χ2v) is 8.63. The number of anilines is 1. The third-order valence-electron chi connectivity index (χ3n) is 6.33. The fourth-order valence-corrected chi connectivity index (χ4v) is 5.19. The second-order valence-electron chi connectivity index (χ2n) is 8.63. The molecule has 144 valence electrons. The van der Waals surface area contributed by atoms with Crippen LogP contribution in [0.1, 0.15) is 31.5 Å². The van der Waals surface area contributed by atoms with Crippen molar-refractivity contribution in [1.82, 2.24) is 4.98 Å². The zero-order valence-electron chi connectivity index (χ0n) is 15.5. The van der Waals surface area contributed by atoms with E-state index in [0.29, 0.717) is 29.7 Å². The minimum atomic E-state index is -4.41. The summed E-state index contributed by atoms with van der Waals surface area (Å²) >= 11 is 0. The normalized spacial score (nSPS) is 26.7. The number of amides is 1. The average molecular weight is 377 g/mol. The van der Waals surface area contributed by atoms with E-state index in [-0.39, 0.29) is 17.2 Å². The lowest BCUT2D eigenvalue weighted by Gasteiger charge is -2.54. The molecule has 2 N–H and O–H groups in total. The first-order valence-corrected chi connectivity index (χ1v) is 8.97. The van der Waals surface area contributed by atoms with Crippen LogP contribution in [0.15, 0.2) is 24.3 Å². The number of aryl methyl sites for hydroxylation is 1. The van der Waals surface area contributed by atoms with Crippen molar-refractivity contribution in [3.05, 3.63) is 35.5 Å². The van der Waals surface area contributed by atoms with Gasteiger partial charge in [0.2, 0.25) is 5.91 Å². The van der Waals surface area contributed by atoms with Crippen LogP contribution in [0, 0.1) is 23.7 Å². The molecule has 1 aromatic carbocycles. The van der Waals surface area contributed by atoms with Crippen LogP contribution >= 0.6 is 0 Å². The first kappa shape index (κ1) is 18.1. The summed E-state index contributed by atoms with van der Waals surface area (Å²) in [6, 6.07) is 5.52. The molecule has 2 fully saturated rings. The molecule has 4 rings (SSSR count). The van der Waals surface area contributed by atoms with E-state index in [4.69, 9.17) is 5.73 Å². The van der Waals surface area contributed by atoms with E-state index in [9.17, 15) is 18.0 Å². The number of halogens is 3. The van der Waals surface area contributed by atoms with Crippen LogP contribution in [-0.4, -0.2) is 24.0 Å². The Morgan fingerprint density at radius 1 is 1.30 bits per heavy atom. The Labute approximate surface area is 155 Å². The molecule has 2 aromatic rings. The Morgan fingerprint density at radius 2 is 2.00 bits per heavy atom. The largest absolute Gasteiger partial charge is 0.416 e. The molecule has 27 heavy (non-hydrogen) atoms. The molecule has 0 bridgehead atoms. The number of alkyl halides is 3. The number of pyridine rings is 1. The SMILES string of the molecule is Cc1cc(N2C[C@@H]3C(C)(C)C[C@]3(C(N)=O)C2)c2ccc(C(F)(F)F)cc2n1. The van der Waals surface area contributed by atoms with Crippen molar-refractivity contribution in [3.63, 3.8) is 0 Å². The van der Waals surface area contributed by atoms with Gasteiger partial charge in [0, 0.05) is 29.9 Å². The molecule has 0 unspecified atom stereocenters. The highest BCUT2D eigenvalue weighted by Gasteiger charge is 2.66. The summed E-state index contributed by atoms with van der Waals surface area (Å²) in [4.78, 5) is 18.6. The number of carbonyl (C=O) groups is 1. The minimum absolute atomic E-state index is 0.0190. The molecule has 1 aliphatic heterocycles. The van der Waals surface area contributed by atoms with Gasteiger partial charge in [-0.3, -0.25) is 9.78 Å². The number of primary amides is 1. The number of carbonyl (C=O) groups excluding carboxylic acids is 1. The van der Waals surface area contributed by atoms with Crippen molar-refractivity contribution in [1.29, 1.82) is 0 Å². The van der Waals surface area contributed by atoms with E-state index >= 15 is 0 Å². The van der Waals surface area contributed by atoms with Gasteiger partial charge < -0.3 is 10.6 Å². The third-order valence-corrected chi connectivity index (χ3v) is 6.33. The van der Waals surface area contributed by atoms with Crippen molar-refractivity contribution in [2.75, 3.05) is 18.0 Å². The van der Waals surface area contributed by atoms with Crippen LogP contribution in [0.3, 0.4) is 0 Å². The molecule has 1 saturated heterocycles. The van der Waals surface area contributed by atoms with Gasteiger partial charge in [-0.05, 0) is 42.9 Å². The van der Waals surface area contributed by atoms with E-state index in [1.807, 2.05) is 6.07 Å². The molecule has 2 atom stereocenters. The Hall–Kier alpha value is -2.31. The second kappa shape index (κ2) is 5.36. The fourth-order valence-electron chi connectivity index (χ4n) is 5.19. The van der Waals surface area contributed by atoms with Gasteiger partial charge in [-0.15, -0.1) is 0 Å². The number of nitrogens with zero attached hydrogens (tertiary/aromatic N) is 2. The maximum absolute atomic E-state index is 13.1. The standard InChI is InChI=1S/C20H22F3N3O/c1-11-6-15(13-5-4-12(20(21,22)23)7-14(13)25-11)26-8-16-18(2,3)9-19(16,10-26)17(24)27/h4-7,16H,8-10H2,1-3H3,(H2,24,27)/t16-,19+/m1/s1. The summed E-state index contributed by atoms with van der Waals surface area (Å²) in [5.74, 6) is -0.149. The highest BCUT2D eigenvalue weighted by atomic mass is 19.4. The number of aromatic nitrogens is 1. The molecular weight excluding hydrogens is 355 g/mol. The predicted molar refractivity (Wildman–Crippen MR) is 97.2 cm³/mol. The number of rotatable bonds is 2. The molecule has 2 aliphatic rings. The predicted octanol–water partition coefficient (Wildman–Crippen LogP) is 3.90. The number of benzene rings is 1. The van der Waals surface area contributed by atoms with Crippen LogP contribution in [-0.2, 0) is 11.0 Å². The van der Waals surface area contributed by atoms with E-state index in [1.165, 1.54) is 6.07 Å². The van der Waals surface area contributed by atoms with Crippen LogP contribution in [0.5, 0.6) is 0 Å². The first-order chi connectivity index (χ1) is 12.4. The van der Waals surface area contributed by atoms with Gasteiger partial charge in [-0.1, -0.05) is 19.9 Å². The van der Waals surface area contributed by atoms with Crippen LogP contribution in [0.2, 0.25) is 0 Å². The molecule has 0 spiro atoms. The number of hydrogen-bond acceptors (Lipinski definition) is 3. The number of nitrogens with two attached hydrogens (primary N) is 1. The molecule has 1 amide bonds. The summed E-state index contributed by atoms with van der Waals surface area (Å²) in [7, 11) is 0. The van der Waals surface area contributed by atoms with Crippen molar-refractivity contribution in [2.45, 2.75) is 33.4 Å². The highest BCUT2D eigenvalue weighted by Crippen LogP contribution is 2.63. The maximum Gasteiger partial charge on any atom is 0.416 e. The lowest BCUT2D eigenvalue weighted by molar-refractivity contribution is -0.148. The van der Waals surface area contributed by atoms with Gasteiger partial charge in [0.1, 0.15) is 0 Å². The summed E-state index contributed by atoms with van der Waals surface area (Å²) in [5, 5.41) is 0.660. The van der Waals surface area contributed by atoms with E-state index in [0.717, 1.165) is 24.2 Å². The van der Waals surface area contributed by atoms with Crippen molar-refractivity contribution >= 4 is 22.5 Å². The molecule has 0 radical (unpaired) electrons. The Balaban J connectivity index is 1.80. The lowest BCUT2D eigenvalue weighted by Crippen LogP contribution is -2.59.